The predicted molar refractivity (Wildman–Crippen MR) is 72.1 cm³/mol. The van der Waals surface area contributed by atoms with Gasteiger partial charge in [0.2, 0.25) is 0 Å². The number of carbonyl (C=O) groups is 2. The monoisotopic (exact) mass is 276 g/mol. The fourth-order valence-electron chi connectivity index (χ4n) is 1.39. The summed E-state index contributed by atoms with van der Waals surface area (Å²) in [6, 6.07) is 9.40. The van der Waals surface area contributed by atoms with Crippen molar-refractivity contribution in [2.75, 3.05) is 5.32 Å². The normalized spacial score (nSPS) is 9.89. The maximum absolute atomic E-state index is 11.5. The molecule has 0 aliphatic carbocycles. The molecule has 0 fully saturated rings. The quantitative estimate of drug-likeness (QED) is 0.852. The molecule has 6 heteroatoms. The van der Waals surface area contributed by atoms with E-state index in [-0.39, 0.29) is 13.0 Å². The highest BCUT2D eigenvalue weighted by atomic mass is 32.1. The smallest absolute Gasteiger partial charge is 0.413 e. The van der Waals surface area contributed by atoms with Crippen molar-refractivity contribution in [2.45, 2.75) is 13.0 Å². The maximum Gasteiger partial charge on any atom is 0.413 e. The third-order valence-corrected chi connectivity index (χ3v) is 3.07. The van der Waals surface area contributed by atoms with Crippen LogP contribution < -0.4 is 5.32 Å². The van der Waals surface area contributed by atoms with Gasteiger partial charge < -0.3 is 9.53 Å². The predicted octanol–water partition coefficient (Wildman–Crippen LogP) is 2.63. The van der Waals surface area contributed by atoms with Gasteiger partial charge in [-0.1, -0.05) is 30.3 Å². The third kappa shape index (κ3) is 4.18. The van der Waals surface area contributed by atoms with Crippen molar-refractivity contribution in [1.29, 1.82) is 0 Å². The molecule has 1 heterocycles. The van der Waals surface area contributed by atoms with Gasteiger partial charge in [0, 0.05) is 11.8 Å². The zero-order valence-electron chi connectivity index (χ0n) is 10.0. The molecule has 0 unspecified atom stereocenters. The molecule has 2 rings (SSSR count). The van der Waals surface area contributed by atoms with Crippen LogP contribution in [0.2, 0.25) is 0 Å². The Morgan fingerprint density at radius 2 is 2.16 bits per heavy atom. The summed E-state index contributed by atoms with van der Waals surface area (Å²) in [6.07, 6.45) is 0.458. The molecular formula is C13H12N2O3S. The second-order valence-electron chi connectivity index (χ2n) is 3.70. The van der Waals surface area contributed by atoms with Gasteiger partial charge in [-0.25, -0.2) is 9.78 Å². The average molecular weight is 276 g/mol. The molecule has 1 N–H and O–H groups in total. The van der Waals surface area contributed by atoms with E-state index in [9.17, 15) is 9.59 Å². The van der Waals surface area contributed by atoms with Gasteiger partial charge in [-0.2, -0.15) is 0 Å². The van der Waals surface area contributed by atoms with Crippen LogP contribution >= 0.6 is 11.3 Å². The largest absolute Gasteiger partial charge is 0.444 e. The second kappa shape index (κ2) is 6.65. The molecule has 2 aromatic rings. The number of rotatable bonds is 5. The fourth-order valence-corrected chi connectivity index (χ4v) is 2.10. The van der Waals surface area contributed by atoms with E-state index in [4.69, 9.17) is 4.74 Å². The van der Waals surface area contributed by atoms with E-state index in [0.717, 1.165) is 11.8 Å². The molecule has 0 atom stereocenters. The Hall–Kier alpha value is -2.21. The topological polar surface area (TPSA) is 68.3 Å². The first kappa shape index (κ1) is 13.2. The van der Waals surface area contributed by atoms with E-state index < -0.39 is 6.09 Å². The molecule has 0 bridgehead atoms. The van der Waals surface area contributed by atoms with Gasteiger partial charge in [0.1, 0.15) is 12.9 Å². The van der Waals surface area contributed by atoms with Crippen molar-refractivity contribution >= 4 is 28.8 Å². The Kier molecular flexibility index (Phi) is 4.63. The highest BCUT2D eigenvalue weighted by Gasteiger charge is 2.07. The van der Waals surface area contributed by atoms with Crippen LogP contribution in [0, 0.1) is 0 Å². The van der Waals surface area contributed by atoms with E-state index in [0.29, 0.717) is 10.8 Å². The summed E-state index contributed by atoms with van der Waals surface area (Å²) < 4.78 is 5.05. The molecule has 1 aromatic heterocycles. The van der Waals surface area contributed by atoms with Crippen LogP contribution in [0.1, 0.15) is 11.3 Å². The van der Waals surface area contributed by atoms with Gasteiger partial charge in [0.25, 0.3) is 0 Å². The van der Waals surface area contributed by atoms with E-state index in [1.165, 1.54) is 11.3 Å². The molecule has 0 radical (unpaired) electrons. The summed E-state index contributed by atoms with van der Waals surface area (Å²) in [6.45, 7) is 0.208. The minimum atomic E-state index is -0.559. The van der Waals surface area contributed by atoms with E-state index in [1.807, 2.05) is 30.3 Å². The highest BCUT2D eigenvalue weighted by molar-refractivity contribution is 7.13. The number of anilines is 1. The average Bonchev–Trinajstić information content (AvgIpc) is 2.85. The standard InChI is InChI=1S/C13H12N2O3S/c16-7-6-11-9-19-12(14-11)15-13(17)18-8-10-4-2-1-3-5-10/h1-5,7,9H,6,8H2,(H,14,15,17). The number of hydrogen-bond acceptors (Lipinski definition) is 5. The van der Waals surface area contributed by atoms with Crippen molar-refractivity contribution in [3.8, 4) is 0 Å². The first-order valence-corrected chi connectivity index (χ1v) is 6.51. The molecule has 0 aliphatic heterocycles. The van der Waals surface area contributed by atoms with Gasteiger partial charge in [-0.3, -0.25) is 5.32 Å². The summed E-state index contributed by atoms with van der Waals surface area (Å²) in [4.78, 5) is 25.9. The number of nitrogens with one attached hydrogen (secondary N) is 1. The van der Waals surface area contributed by atoms with E-state index in [1.54, 1.807) is 5.38 Å². The van der Waals surface area contributed by atoms with E-state index >= 15 is 0 Å². The lowest BCUT2D eigenvalue weighted by Crippen LogP contribution is -2.13. The zero-order valence-corrected chi connectivity index (χ0v) is 10.9. The van der Waals surface area contributed by atoms with Crippen LogP contribution in [0.4, 0.5) is 9.93 Å². The van der Waals surface area contributed by atoms with Gasteiger partial charge in [0.05, 0.1) is 5.69 Å². The number of aldehydes is 1. The van der Waals surface area contributed by atoms with Crippen LogP contribution in [-0.4, -0.2) is 17.4 Å². The molecule has 0 aliphatic rings. The molecule has 0 saturated heterocycles. The van der Waals surface area contributed by atoms with Crippen LogP contribution in [0.25, 0.3) is 0 Å². The van der Waals surface area contributed by atoms with Crippen molar-refractivity contribution in [2.24, 2.45) is 0 Å². The van der Waals surface area contributed by atoms with Crippen molar-refractivity contribution in [1.82, 2.24) is 4.98 Å². The first-order valence-electron chi connectivity index (χ1n) is 5.63. The van der Waals surface area contributed by atoms with Crippen LogP contribution in [-0.2, 0) is 22.6 Å². The van der Waals surface area contributed by atoms with Gasteiger partial charge in [-0.15, -0.1) is 11.3 Å². The number of carbonyl (C=O) groups excluding carboxylic acids is 2. The van der Waals surface area contributed by atoms with Gasteiger partial charge in [0.15, 0.2) is 5.13 Å². The molecule has 1 aromatic carbocycles. The number of thiazole rings is 1. The minimum Gasteiger partial charge on any atom is -0.444 e. The molecule has 5 nitrogen and oxygen atoms in total. The van der Waals surface area contributed by atoms with Crippen molar-refractivity contribution in [3.63, 3.8) is 0 Å². The summed E-state index contributed by atoms with van der Waals surface area (Å²) in [5.74, 6) is 0. The Labute approximate surface area is 114 Å². The number of nitrogens with zero attached hydrogens (tertiary/aromatic N) is 1. The summed E-state index contributed by atoms with van der Waals surface area (Å²) in [5.41, 5.74) is 1.55. The fraction of sp³-hybridized carbons (Fsp3) is 0.154. The number of hydrogen-bond donors (Lipinski definition) is 1. The lowest BCUT2D eigenvalue weighted by atomic mass is 10.2. The zero-order chi connectivity index (χ0) is 13.5. The Morgan fingerprint density at radius 3 is 2.89 bits per heavy atom. The number of aromatic nitrogens is 1. The third-order valence-electron chi connectivity index (χ3n) is 2.27. The Bertz CT molecular complexity index is 554. The second-order valence-corrected chi connectivity index (χ2v) is 4.56. The summed E-state index contributed by atoms with van der Waals surface area (Å²) in [7, 11) is 0. The van der Waals surface area contributed by atoms with Crippen LogP contribution in [0.5, 0.6) is 0 Å². The van der Waals surface area contributed by atoms with Crippen molar-refractivity contribution in [3.05, 3.63) is 47.0 Å². The van der Waals surface area contributed by atoms with E-state index in [2.05, 4.69) is 10.3 Å². The number of ether oxygens (including phenoxy) is 1. The van der Waals surface area contributed by atoms with Gasteiger partial charge in [-0.05, 0) is 5.56 Å². The lowest BCUT2D eigenvalue weighted by Gasteiger charge is -2.04. The van der Waals surface area contributed by atoms with Crippen LogP contribution in [0.15, 0.2) is 35.7 Å². The Morgan fingerprint density at radius 1 is 1.37 bits per heavy atom. The molecule has 0 saturated carbocycles. The maximum atomic E-state index is 11.5. The minimum absolute atomic E-state index is 0.208. The number of benzene rings is 1. The SMILES string of the molecule is O=CCc1csc(NC(=O)OCc2ccccc2)n1. The molecule has 98 valence electrons. The van der Waals surface area contributed by atoms with Crippen molar-refractivity contribution < 1.29 is 14.3 Å². The molecule has 1 amide bonds. The summed E-state index contributed by atoms with van der Waals surface area (Å²) in [5, 5.41) is 4.67. The number of amides is 1. The molecule has 19 heavy (non-hydrogen) atoms. The summed E-state index contributed by atoms with van der Waals surface area (Å²) >= 11 is 1.26. The highest BCUT2D eigenvalue weighted by Crippen LogP contribution is 2.15. The van der Waals surface area contributed by atoms with Gasteiger partial charge >= 0.3 is 6.09 Å². The molecule has 0 spiro atoms. The molecular weight excluding hydrogens is 264 g/mol. The lowest BCUT2D eigenvalue weighted by molar-refractivity contribution is -0.107. The Balaban J connectivity index is 1.82. The first-order chi connectivity index (χ1) is 9.28. The van der Waals surface area contributed by atoms with Crippen LogP contribution in [0.3, 0.4) is 0 Å².